The molecular weight excluding hydrogens is 408 g/mol. The summed E-state index contributed by atoms with van der Waals surface area (Å²) in [7, 11) is 2.91. The lowest BCUT2D eigenvalue weighted by Gasteiger charge is -2.26. The third-order valence-corrected chi connectivity index (χ3v) is 5.48. The van der Waals surface area contributed by atoms with Crippen LogP contribution in [0.2, 0.25) is 0 Å². The van der Waals surface area contributed by atoms with E-state index in [0.29, 0.717) is 22.7 Å². The number of ether oxygens (including phenoxy) is 2. The van der Waals surface area contributed by atoms with Crippen LogP contribution in [0.15, 0.2) is 72.6 Å². The quantitative estimate of drug-likeness (QED) is 0.373. The number of methoxy groups -OCH3 is 2. The molecule has 1 aliphatic heterocycles. The Balaban J connectivity index is 2.03. The molecule has 1 N–H and O–H groups in total. The molecule has 4 rings (SSSR count). The summed E-state index contributed by atoms with van der Waals surface area (Å²) in [6, 6.07) is 14.9. The van der Waals surface area contributed by atoms with Gasteiger partial charge in [-0.25, -0.2) is 0 Å². The first-order chi connectivity index (χ1) is 15.5. The van der Waals surface area contributed by atoms with Crippen LogP contribution in [0.4, 0.5) is 5.69 Å². The summed E-state index contributed by atoms with van der Waals surface area (Å²) in [6.45, 7) is 1.86. The number of ketones is 1. The SMILES string of the molecule is COc1cccc(OC)c1/C(O)=C1\C(=O)C(=O)N(c2ccccc2C)C1c1cccnc1. The number of carbonyl (C=O) groups excluding carboxylic acids is 2. The number of para-hydroxylation sites is 1. The molecule has 3 aromatic rings. The summed E-state index contributed by atoms with van der Waals surface area (Å²) >= 11 is 0. The van der Waals surface area contributed by atoms with E-state index in [-0.39, 0.29) is 16.9 Å². The number of pyridine rings is 1. The van der Waals surface area contributed by atoms with E-state index in [4.69, 9.17) is 9.47 Å². The van der Waals surface area contributed by atoms with E-state index in [1.165, 1.54) is 19.1 Å². The molecule has 1 unspecified atom stereocenters. The molecule has 1 aromatic heterocycles. The summed E-state index contributed by atoms with van der Waals surface area (Å²) in [5.41, 5.74) is 2.13. The molecule has 0 spiro atoms. The van der Waals surface area contributed by atoms with Crippen molar-refractivity contribution in [2.24, 2.45) is 0 Å². The normalized spacial score (nSPS) is 17.5. The van der Waals surface area contributed by atoms with Crippen molar-refractivity contribution in [3.05, 3.63) is 89.3 Å². The summed E-state index contributed by atoms with van der Waals surface area (Å²) in [5.74, 6) is -1.28. The molecule has 1 fully saturated rings. The standard InChI is InChI=1S/C25H22N2O5/c1-15-8-4-5-10-17(15)27-22(16-9-7-13-26-14-16)21(24(29)25(27)30)23(28)20-18(31-2)11-6-12-19(20)32-3/h4-14,22,28H,1-3H3/b23-21+. The number of aliphatic hydroxyl groups excluding tert-OH is 1. The van der Waals surface area contributed by atoms with Gasteiger partial charge in [0.2, 0.25) is 0 Å². The number of benzene rings is 2. The van der Waals surface area contributed by atoms with Gasteiger partial charge in [-0.05, 0) is 42.3 Å². The van der Waals surface area contributed by atoms with Gasteiger partial charge in [0, 0.05) is 18.1 Å². The molecule has 0 saturated carbocycles. The fraction of sp³-hybridized carbons (Fsp3) is 0.160. The molecular formula is C25H22N2O5. The highest BCUT2D eigenvalue weighted by Gasteiger charge is 2.48. The number of amides is 1. The highest BCUT2D eigenvalue weighted by atomic mass is 16.5. The number of nitrogens with zero attached hydrogens (tertiary/aromatic N) is 2. The molecule has 1 aliphatic rings. The monoisotopic (exact) mass is 430 g/mol. The Hall–Kier alpha value is -4.13. The Morgan fingerprint density at radius 1 is 0.969 bits per heavy atom. The van der Waals surface area contributed by atoms with Crippen LogP contribution in [0.3, 0.4) is 0 Å². The van der Waals surface area contributed by atoms with Gasteiger partial charge in [0.15, 0.2) is 0 Å². The Morgan fingerprint density at radius 3 is 2.25 bits per heavy atom. The van der Waals surface area contributed by atoms with Crippen molar-refractivity contribution in [2.75, 3.05) is 19.1 Å². The van der Waals surface area contributed by atoms with Gasteiger partial charge in [-0.15, -0.1) is 0 Å². The topological polar surface area (TPSA) is 89.0 Å². The van der Waals surface area contributed by atoms with E-state index >= 15 is 0 Å². The van der Waals surface area contributed by atoms with Crippen molar-refractivity contribution < 1.29 is 24.2 Å². The van der Waals surface area contributed by atoms with Crippen molar-refractivity contribution in [3.8, 4) is 11.5 Å². The van der Waals surface area contributed by atoms with Crippen molar-refractivity contribution in [1.82, 2.24) is 4.98 Å². The zero-order valence-corrected chi connectivity index (χ0v) is 17.9. The van der Waals surface area contributed by atoms with Crippen molar-refractivity contribution in [2.45, 2.75) is 13.0 Å². The third kappa shape index (κ3) is 3.37. The molecule has 1 amide bonds. The van der Waals surface area contributed by atoms with Gasteiger partial charge < -0.3 is 14.6 Å². The maximum Gasteiger partial charge on any atom is 0.300 e. The smallest absolute Gasteiger partial charge is 0.300 e. The summed E-state index contributed by atoms with van der Waals surface area (Å²) in [5, 5.41) is 11.4. The van der Waals surface area contributed by atoms with Gasteiger partial charge in [0.1, 0.15) is 22.8 Å². The maximum absolute atomic E-state index is 13.3. The number of aliphatic hydroxyl groups is 1. The van der Waals surface area contributed by atoms with Crippen LogP contribution in [0.1, 0.15) is 22.7 Å². The summed E-state index contributed by atoms with van der Waals surface area (Å²) in [4.78, 5) is 32.1. The Labute approximate surface area is 185 Å². The van der Waals surface area contributed by atoms with Crippen LogP contribution in [-0.2, 0) is 9.59 Å². The van der Waals surface area contributed by atoms with Gasteiger partial charge in [-0.1, -0.05) is 30.3 Å². The zero-order valence-electron chi connectivity index (χ0n) is 17.9. The van der Waals surface area contributed by atoms with E-state index in [9.17, 15) is 14.7 Å². The van der Waals surface area contributed by atoms with Crippen molar-refractivity contribution in [1.29, 1.82) is 0 Å². The predicted octanol–water partition coefficient (Wildman–Crippen LogP) is 4.03. The molecule has 0 aliphatic carbocycles. The van der Waals surface area contributed by atoms with Crippen LogP contribution in [0, 0.1) is 6.92 Å². The minimum Gasteiger partial charge on any atom is -0.506 e. The molecule has 7 nitrogen and oxygen atoms in total. The summed E-state index contributed by atoms with van der Waals surface area (Å²) < 4.78 is 10.8. The molecule has 2 aromatic carbocycles. The number of aryl methyl sites for hydroxylation is 1. The molecule has 162 valence electrons. The average Bonchev–Trinajstić information content (AvgIpc) is 3.09. The second-order valence-corrected chi connectivity index (χ2v) is 7.28. The van der Waals surface area contributed by atoms with Crippen molar-refractivity contribution >= 4 is 23.1 Å². The lowest BCUT2D eigenvalue weighted by atomic mass is 9.95. The molecule has 32 heavy (non-hydrogen) atoms. The fourth-order valence-corrected chi connectivity index (χ4v) is 3.99. The van der Waals surface area contributed by atoms with Crippen LogP contribution in [0.5, 0.6) is 11.5 Å². The van der Waals surface area contributed by atoms with Gasteiger partial charge in [0.25, 0.3) is 11.7 Å². The van der Waals surface area contributed by atoms with Crippen LogP contribution in [-0.4, -0.2) is 36.0 Å². The minimum absolute atomic E-state index is 0.0611. The first-order valence-electron chi connectivity index (χ1n) is 9.97. The van der Waals surface area contributed by atoms with E-state index < -0.39 is 17.7 Å². The van der Waals surface area contributed by atoms with Crippen molar-refractivity contribution in [3.63, 3.8) is 0 Å². The number of Topliss-reactive ketones (excluding diaryl/α,β-unsaturated/α-hetero) is 1. The van der Waals surface area contributed by atoms with Gasteiger partial charge >= 0.3 is 0 Å². The zero-order chi connectivity index (χ0) is 22.8. The van der Waals surface area contributed by atoms with Crippen LogP contribution >= 0.6 is 0 Å². The Morgan fingerprint density at radius 2 is 1.66 bits per heavy atom. The number of anilines is 1. The molecule has 0 radical (unpaired) electrons. The highest BCUT2D eigenvalue weighted by molar-refractivity contribution is 6.51. The first-order valence-corrected chi connectivity index (χ1v) is 9.97. The lowest BCUT2D eigenvalue weighted by molar-refractivity contribution is -0.132. The Kier molecular flexibility index (Phi) is 5.64. The number of carbonyl (C=O) groups is 2. The first kappa shape index (κ1) is 21.1. The second-order valence-electron chi connectivity index (χ2n) is 7.28. The second kappa shape index (κ2) is 8.55. The Bertz CT molecular complexity index is 1200. The number of hydrogen-bond donors (Lipinski definition) is 1. The predicted molar refractivity (Wildman–Crippen MR) is 120 cm³/mol. The number of hydrogen-bond acceptors (Lipinski definition) is 6. The average molecular weight is 430 g/mol. The molecule has 1 atom stereocenters. The van der Waals surface area contributed by atoms with E-state index in [1.807, 2.05) is 19.1 Å². The molecule has 1 saturated heterocycles. The number of rotatable bonds is 5. The lowest BCUT2D eigenvalue weighted by Crippen LogP contribution is -2.30. The number of aromatic nitrogens is 1. The van der Waals surface area contributed by atoms with E-state index in [2.05, 4.69) is 4.98 Å². The van der Waals surface area contributed by atoms with Crippen LogP contribution in [0.25, 0.3) is 5.76 Å². The van der Waals surface area contributed by atoms with Gasteiger partial charge in [0.05, 0.1) is 25.8 Å². The van der Waals surface area contributed by atoms with E-state index in [0.717, 1.165) is 5.56 Å². The summed E-state index contributed by atoms with van der Waals surface area (Å²) in [6.07, 6.45) is 3.18. The van der Waals surface area contributed by atoms with Crippen LogP contribution < -0.4 is 14.4 Å². The molecule has 2 heterocycles. The molecule has 7 heteroatoms. The van der Waals surface area contributed by atoms with Gasteiger partial charge in [-0.2, -0.15) is 0 Å². The fourth-order valence-electron chi connectivity index (χ4n) is 3.99. The van der Waals surface area contributed by atoms with Gasteiger partial charge in [-0.3, -0.25) is 19.5 Å². The minimum atomic E-state index is -0.876. The highest BCUT2D eigenvalue weighted by Crippen LogP contribution is 2.45. The molecule has 0 bridgehead atoms. The third-order valence-electron chi connectivity index (χ3n) is 5.48. The maximum atomic E-state index is 13.3. The van der Waals surface area contributed by atoms with E-state index in [1.54, 1.807) is 54.9 Å². The largest absolute Gasteiger partial charge is 0.506 e.